The van der Waals surface area contributed by atoms with Crippen LogP contribution in [0.1, 0.15) is 6.92 Å². The Morgan fingerprint density at radius 3 is 2.60 bits per heavy atom. The lowest BCUT2D eigenvalue weighted by Crippen LogP contribution is -2.37. The zero-order valence-electron chi connectivity index (χ0n) is 11.0. The molecule has 0 amide bonds. The summed E-state index contributed by atoms with van der Waals surface area (Å²) in [6, 6.07) is 7.23. The predicted molar refractivity (Wildman–Crippen MR) is 85.1 cm³/mol. The minimum atomic E-state index is -3.01. The van der Waals surface area contributed by atoms with Crippen LogP contribution in [0.15, 0.2) is 24.3 Å². The zero-order chi connectivity index (χ0) is 14.5. The van der Waals surface area contributed by atoms with Crippen LogP contribution >= 0.6 is 23.8 Å². The summed E-state index contributed by atoms with van der Waals surface area (Å²) in [5.41, 5.74) is 0.794. The summed E-state index contributed by atoms with van der Waals surface area (Å²) >= 11 is 11.8. The standard InChI is InChI=1S/C13H15ClN2O2S2/c1-2-15-11-7-20(17,18)8-12(11)16(13(15)19)10-6-4-3-5-9(10)14/h3-6,11-12H,2,7-8H2,1H3/t11-,12-/m0/s1. The summed E-state index contributed by atoms with van der Waals surface area (Å²) < 4.78 is 23.9. The van der Waals surface area contributed by atoms with E-state index in [9.17, 15) is 8.42 Å². The molecule has 0 spiro atoms. The molecule has 2 atom stereocenters. The van der Waals surface area contributed by atoms with E-state index in [-0.39, 0.29) is 23.6 Å². The molecule has 2 aliphatic rings. The lowest BCUT2D eigenvalue weighted by atomic mass is 10.1. The minimum Gasteiger partial charge on any atom is -0.343 e. The quantitative estimate of drug-likeness (QED) is 0.775. The number of hydrogen-bond donors (Lipinski definition) is 0. The van der Waals surface area contributed by atoms with Gasteiger partial charge in [0, 0.05) is 6.54 Å². The molecule has 1 aromatic rings. The first kappa shape index (κ1) is 14.1. The van der Waals surface area contributed by atoms with Gasteiger partial charge in [0.25, 0.3) is 0 Å². The van der Waals surface area contributed by atoms with E-state index in [1.54, 1.807) is 6.07 Å². The second-order valence-corrected chi connectivity index (χ2v) is 8.03. The molecule has 2 saturated heterocycles. The Labute approximate surface area is 129 Å². The minimum absolute atomic E-state index is 0.0613. The van der Waals surface area contributed by atoms with Gasteiger partial charge in [-0.25, -0.2) is 8.42 Å². The van der Waals surface area contributed by atoms with Crippen molar-refractivity contribution in [1.29, 1.82) is 0 Å². The molecule has 0 saturated carbocycles. The molecule has 0 unspecified atom stereocenters. The van der Waals surface area contributed by atoms with Gasteiger partial charge in [0.05, 0.1) is 34.3 Å². The molecule has 0 aromatic heterocycles. The maximum Gasteiger partial charge on any atom is 0.176 e. The number of halogens is 1. The second-order valence-electron chi connectivity index (χ2n) is 5.10. The number of thiocarbonyl (C=S) groups is 1. The Balaban J connectivity index is 2.07. The van der Waals surface area contributed by atoms with E-state index in [1.165, 1.54) is 0 Å². The molecule has 2 heterocycles. The van der Waals surface area contributed by atoms with E-state index in [2.05, 4.69) is 0 Å². The van der Waals surface area contributed by atoms with Crippen molar-refractivity contribution in [1.82, 2.24) is 4.90 Å². The summed E-state index contributed by atoms with van der Waals surface area (Å²) in [4.78, 5) is 3.91. The Bertz CT molecular complexity index is 662. The van der Waals surface area contributed by atoms with Crippen LogP contribution in [0, 0.1) is 0 Å². The van der Waals surface area contributed by atoms with Gasteiger partial charge in [-0.15, -0.1) is 0 Å². The highest BCUT2D eigenvalue weighted by atomic mass is 35.5. The molecule has 108 valence electrons. The zero-order valence-corrected chi connectivity index (χ0v) is 13.4. The van der Waals surface area contributed by atoms with Gasteiger partial charge in [-0.1, -0.05) is 23.7 Å². The molecular formula is C13H15ClN2O2S2. The maximum absolute atomic E-state index is 11.9. The van der Waals surface area contributed by atoms with Gasteiger partial charge < -0.3 is 9.80 Å². The predicted octanol–water partition coefficient (Wildman–Crippen LogP) is 1.93. The summed E-state index contributed by atoms with van der Waals surface area (Å²) in [5, 5.41) is 1.27. The van der Waals surface area contributed by atoms with Crippen molar-refractivity contribution in [3.8, 4) is 0 Å². The van der Waals surface area contributed by atoms with Crippen molar-refractivity contribution < 1.29 is 8.42 Å². The Kier molecular flexibility index (Phi) is 3.43. The van der Waals surface area contributed by atoms with Crippen molar-refractivity contribution in [2.75, 3.05) is 23.0 Å². The van der Waals surface area contributed by atoms with Crippen molar-refractivity contribution in [3.63, 3.8) is 0 Å². The van der Waals surface area contributed by atoms with Crippen LogP contribution in [-0.2, 0) is 9.84 Å². The van der Waals surface area contributed by atoms with E-state index in [0.29, 0.717) is 16.7 Å². The molecule has 2 aliphatic heterocycles. The molecule has 0 aliphatic carbocycles. The van der Waals surface area contributed by atoms with E-state index < -0.39 is 9.84 Å². The molecule has 0 N–H and O–H groups in total. The maximum atomic E-state index is 11.9. The first-order valence-electron chi connectivity index (χ1n) is 6.49. The van der Waals surface area contributed by atoms with Gasteiger partial charge in [0.1, 0.15) is 0 Å². The number of anilines is 1. The lowest BCUT2D eigenvalue weighted by molar-refractivity contribution is 0.373. The van der Waals surface area contributed by atoms with Crippen LogP contribution in [0.5, 0.6) is 0 Å². The first-order chi connectivity index (χ1) is 9.44. The monoisotopic (exact) mass is 330 g/mol. The number of nitrogens with zero attached hydrogens (tertiary/aromatic N) is 2. The molecule has 0 radical (unpaired) electrons. The van der Waals surface area contributed by atoms with Gasteiger partial charge in [0.15, 0.2) is 14.9 Å². The van der Waals surface area contributed by atoms with Gasteiger partial charge in [-0.3, -0.25) is 0 Å². The molecule has 4 nitrogen and oxygen atoms in total. The highest BCUT2D eigenvalue weighted by Gasteiger charge is 2.51. The Morgan fingerprint density at radius 2 is 1.95 bits per heavy atom. The number of benzene rings is 1. The Hall–Kier alpha value is -0.850. The lowest BCUT2D eigenvalue weighted by Gasteiger charge is -2.25. The van der Waals surface area contributed by atoms with Crippen LogP contribution in [-0.4, -0.2) is 48.6 Å². The molecule has 0 bridgehead atoms. The number of para-hydroxylation sites is 1. The normalized spacial score (nSPS) is 28.0. The molecular weight excluding hydrogens is 316 g/mol. The molecule has 20 heavy (non-hydrogen) atoms. The first-order valence-corrected chi connectivity index (χ1v) is 9.10. The van der Waals surface area contributed by atoms with Gasteiger partial charge in [-0.2, -0.15) is 0 Å². The summed E-state index contributed by atoms with van der Waals surface area (Å²) in [6.07, 6.45) is 0. The Morgan fingerprint density at radius 1 is 1.30 bits per heavy atom. The highest BCUT2D eigenvalue weighted by molar-refractivity contribution is 7.91. The summed E-state index contributed by atoms with van der Waals surface area (Å²) in [6.45, 7) is 2.70. The van der Waals surface area contributed by atoms with E-state index in [1.807, 2.05) is 34.9 Å². The fourth-order valence-electron chi connectivity index (χ4n) is 3.08. The van der Waals surface area contributed by atoms with Crippen molar-refractivity contribution in [3.05, 3.63) is 29.3 Å². The fraction of sp³-hybridized carbons (Fsp3) is 0.462. The van der Waals surface area contributed by atoms with Crippen LogP contribution in [0.4, 0.5) is 5.69 Å². The smallest absolute Gasteiger partial charge is 0.176 e. The van der Waals surface area contributed by atoms with Crippen LogP contribution < -0.4 is 4.90 Å². The third-order valence-corrected chi connectivity index (χ3v) is 6.38. The largest absolute Gasteiger partial charge is 0.343 e. The van der Waals surface area contributed by atoms with Gasteiger partial charge in [-0.05, 0) is 31.3 Å². The molecule has 7 heteroatoms. The van der Waals surface area contributed by atoms with Crippen molar-refractivity contribution in [2.45, 2.75) is 19.0 Å². The van der Waals surface area contributed by atoms with Crippen molar-refractivity contribution in [2.24, 2.45) is 0 Å². The van der Waals surface area contributed by atoms with Gasteiger partial charge in [0.2, 0.25) is 0 Å². The number of rotatable bonds is 2. The highest BCUT2D eigenvalue weighted by Crippen LogP contribution is 2.37. The third kappa shape index (κ3) is 2.10. The number of fused-ring (bicyclic) bond motifs is 1. The van der Waals surface area contributed by atoms with Crippen LogP contribution in [0.3, 0.4) is 0 Å². The fourth-order valence-corrected chi connectivity index (χ4v) is 5.75. The molecule has 2 fully saturated rings. The van der Waals surface area contributed by atoms with Gasteiger partial charge >= 0.3 is 0 Å². The van der Waals surface area contributed by atoms with E-state index in [4.69, 9.17) is 23.8 Å². The molecule has 1 aromatic carbocycles. The summed E-state index contributed by atoms with van der Waals surface area (Å²) in [5.74, 6) is 0.312. The van der Waals surface area contributed by atoms with E-state index in [0.717, 1.165) is 5.69 Å². The average Bonchev–Trinajstić information content (AvgIpc) is 2.80. The number of sulfone groups is 1. The second kappa shape index (κ2) is 4.86. The SMILES string of the molecule is CCN1C(=S)N(c2ccccc2Cl)[C@H]2CS(=O)(=O)C[C@@H]21. The van der Waals surface area contributed by atoms with Crippen LogP contribution in [0.2, 0.25) is 5.02 Å². The van der Waals surface area contributed by atoms with Crippen molar-refractivity contribution >= 4 is 44.5 Å². The average molecular weight is 331 g/mol. The molecule has 3 rings (SSSR count). The van der Waals surface area contributed by atoms with Crippen LogP contribution in [0.25, 0.3) is 0 Å². The topological polar surface area (TPSA) is 40.6 Å². The summed E-state index contributed by atoms with van der Waals surface area (Å²) in [7, 11) is -3.01. The number of likely N-dealkylation sites (N-methyl/N-ethyl adjacent to an activating group) is 1. The van der Waals surface area contributed by atoms with E-state index >= 15 is 0 Å². The number of hydrogen-bond acceptors (Lipinski definition) is 3. The third-order valence-electron chi connectivity index (χ3n) is 3.93.